The molecule has 1 aromatic heterocycles. The highest BCUT2D eigenvalue weighted by atomic mass is 19.4. The molecule has 154 valence electrons. The van der Waals surface area contributed by atoms with Gasteiger partial charge in [-0.1, -0.05) is 18.2 Å². The molecule has 0 bridgehead atoms. The summed E-state index contributed by atoms with van der Waals surface area (Å²) >= 11 is 0. The molecule has 0 spiro atoms. The molecule has 2 aromatic carbocycles. The fourth-order valence-electron chi connectivity index (χ4n) is 3.59. The number of anilines is 3. The number of fused-ring (bicyclic) bond motifs is 1. The molecule has 1 aliphatic heterocycles. The highest BCUT2D eigenvalue weighted by Crippen LogP contribution is 2.44. The second-order valence-corrected chi connectivity index (χ2v) is 6.79. The molecule has 1 amide bonds. The van der Waals surface area contributed by atoms with Crippen molar-refractivity contribution < 1.29 is 22.7 Å². The molecule has 8 heteroatoms. The summed E-state index contributed by atoms with van der Waals surface area (Å²) in [5.41, 5.74) is 1.08. The number of nitrogens with zero attached hydrogens (tertiary/aromatic N) is 2. The third-order valence-corrected chi connectivity index (χ3v) is 4.99. The number of halogens is 3. The minimum absolute atomic E-state index is 0.183. The molecular weight excluding hydrogens is 395 g/mol. The van der Waals surface area contributed by atoms with Gasteiger partial charge >= 0.3 is 6.18 Å². The van der Waals surface area contributed by atoms with Crippen molar-refractivity contribution in [2.75, 3.05) is 23.9 Å². The lowest BCUT2D eigenvalue weighted by Crippen LogP contribution is -2.32. The Kier molecular flexibility index (Phi) is 5.07. The van der Waals surface area contributed by atoms with Crippen LogP contribution in [0, 0.1) is 0 Å². The smallest absolute Gasteiger partial charge is 0.420 e. The minimum atomic E-state index is -4.56. The number of hydrogen-bond acceptors (Lipinski definition) is 4. The number of aromatic nitrogens is 1. The Morgan fingerprint density at radius 1 is 1.13 bits per heavy atom. The van der Waals surface area contributed by atoms with Crippen LogP contribution in [0.15, 0.2) is 67.0 Å². The second kappa shape index (κ2) is 7.70. The summed E-state index contributed by atoms with van der Waals surface area (Å²) in [6.07, 6.45) is -1.38. The molecule has 4 rings (SSSR count). The molecule has 0 aliphatic carbocycles. The quantitative estimate of drug-likeness (QED) is 0.655. The number of carbonyl (C=O) groups excluding carboxylic acids is 1. The van der Waals surface area contributed by atoms with Crippen LogP contribution >= 0.6 is 0 Å². The summed E-state index contributed by atoms with van der Waals surface area (Å²) in [6, 6.07) is 14.8. The van der Waals surface area contributed by atoms with Crippen molar-refractivity contribution in [1.82, 2.24) is 4.98 Å². The number of carbonyl (C=O) groups is 1. The van der Waals surface area contributed by atoms with E-state index in [1.54, 1.807) is 36.7 Å². The molecule has 3 aromatic rings. The van der Waals surface area contributed by atoms with E-state index in [0.717, 1.165) is 6.07 Å². The predicted octanol–water partition coefficient (Wildman–Crippen LogP) is 4.98. The van der Waals surface area contributed by atoms with Gasteiger partial charge in [0.25, 0.3) is 0 Å². The number of rotatable bonds is 4. The zero-order chi connectivity index (χ0) is 21.3. The van der Waals surface area contributed by atoms with Crippen LogP contribution in [0.2, 0.25) is 0 Å². The molecule has 1 aliphatic rings. The monoisotopic (exact) mass is 413 g/mol. The van der Waals surface area contributed by atoms with Gasteiger partial charge in [-0.3, -0.25) is 14.7 Å². The Balaban J connectivity index is 1.77. The molecule has 0 radical (unpaired) electrons. The first-order chi connectivity index (χ1) is 14.4. The normalized spacial score (nSPS) is 15.3. The van der Waals surface area contributed by atoms with Crippen LogP contribution in [-0.4, -0.2) is 24.5 Å². The van der Waals surface area contributed by atoms with E-state index in [-0.39, 0.29) is 23.9 Å². The average Bonchev–Trinajstić information content (AvgIpc) is 3.17. The van der Waals surface area contributed by atoms with Crippen LogP contribution in [0.4, 0.5) is 30.2 Å². The molecule has 1 N–H and O–H groups in total. The van der Waals surface area contributed by atoms with Gasteiger partial charge in [-0.2, -0.15) is 13.2 Å². The maximum atomic E-state index is 13.6. The maximum absolute atomic E-state index is 13.6. The number of methoxy groups -OCH3 is 1. The van der Waals surface area contributed by atoms with Crippen LogP contribution in [0.25, 0.3) is 0 Å². The van der Waals surface area contributed by atoms with Crippen molar-refractivity contribution in [1.29, 1.82) is 0 Å². The number of para-hydroxylation sites is 1. The lowest BCUT2D eigenvalue weighted by molar-refractivity contribution is -0.138. The van der Waals surface area contributed by atoms with E-state index < -0.39 is 17.7 Å². The van der Waals surface area contributed by atoms with Gasteiger partial charge in [0.2, 0.25) is 5.91 Å². The molecule has 1 atom stereocenters. The van der Waals surface area contributed by atoms with Crippen LogP contribution in [0.5, 0.6) is 5.75 Å². The Bertz CT molecular complexity index is 1020. The standard InChI is InChI=1S/C22H18F3N3O2/c1-30-20-10-16-17(13-27-19(16)11-18(20)22(23,24)25)21(29)28(14-6-3-2-4-7-14)15-8-5-9-26-12-15/h2-12,17,27H,13H2,1H3. The Labute approximate surface area is 171 Å². The summed E-state index contributed by atoms with van der Waals surface area (Å²) < 4.78 is 45.0. The SMILES string of the molecule is COc1cc2c(cc1C(F)(F)F)NCC2C(=O)N(c1ccccc1)c1cccnc1. The zero-order valence-electron chi connectivity index (χ0n) is 16.0. The molecule has 0 saturated carbocycles. The van der Waals surface area contributed by atoms with E-state index in [1.807, 2.05) is 18.2 Å². The summed E-state index contributed by atoms with van der Waals surface area (Å²) in [6.45, 7) is 0.183. The summed E-state index contributed by atoms with van der Waals surface area (Å²) in [7, 11) is 1.18. The highest BCUT2D eigenvalue weighted by Gasteiger charge is 2.39. The largest absolute Gasteiger partial charge is 0.496 e. The van der Waals surface area contributed by atoms with E-state index in [1.165, 1.54) is 18.1 Å². The topological polar surface area (TPSA) is 54.5 Å². The minimum Gasteiger partial charge on any atom is -0.496 e. The molecule has 0 fully saturated rings. The van der Waals surface area contributed by atoms with Crippen molar-refractivity contribution >= 4 is 23.0 Å². The van der Waals surface area contributed by atoms with Crippen LogP contribution in [0.1, 0.15) is 17.0 Å². The number of benzene rings is 2. The maximum Gasteiger partial charge on any atom is 0.420 e. The first-order valence-electron chi connectivity index (χ1n) is 9.22. The fraction of sp³-hybridized carbons (Fsp3) is 0.182. The third-order valence-electron chi connectivity index (χ3n) is 4.99. The van der Waals surface area contributed by atoms with Crippen molar-refractivity contribution in [2.45, 2.75) is 12.1 Å². The zero-order valence-corrected chi connectivity index (χ0v) is 16.0. The lowest BCUT2D eigenvalue weighted by Gasteiger charge is -2.26. The van der Waals surface area contributed by atoms with E-state index in [9.17, 15) is 18.0 Å². The highest BCUT2D eigenvalue weighted by molar-refractivity contribution is 6.05. The van der Waals surface area contributed by atoms with Gasteiger partial charge in [0.15, 0.2) is 0 Å². The van der Waals surface area contributed by atoms with E-state index in [4.69, 9.17) is 4.74 Å². The predicted molar refractivity (Wildman–Crippen MR) is 107 cm³/mol. The van der Waals surface area contributed by atoms with Gasteiger partial charge in [0.05, 0.1) is 30.5 Å². The molecule has 1 unspecified atom stereocenters. The van der Waals surface area contributed by atoms with E-state index in [2.05, 4.69) is 10.3 Å². The average molecular weight is 413 g/mol. The number of nitrogens with one attached hydrogen (secondary N) is 1. The van der Waals surface area contributed by atoms with Gasteiger partial charge in [-0.05, 0) is 42.0 Å². The van der Waals surface area contributed by atoms with E-state index >= 15 is 0 Å². The summed E-state index contributed by atoms with van der Waals surface area (Å²) in [5.74, 6) is -1.27. The molecule has 30 heavy (non-hydrogen) atoms. The van der Waals surface area contributed by atoms with Crippen LogP contribution in [-0.2, 0) is 11.0 Å². The van der Waals surface area contributed by atoms with Gasteiger partial charge in [-0.15, -0.1) is 0 Å². The van der Waals surface area contributed by atoms with Gasteiger partial charge in [0, 0.05) is 24.1 Å². The van der Waals surface area contributed by atoms with Gasteiger partial charge in [0.1, 0.15) is 5.75 Å². The number of alkyl halides is 3. The summed E-state index contributed by atoms with van der Waals surface area (Å²) in [4.78, 5) is 19.2. The first-order valence-corrected chi connectivity index (χ1v) is 9.22. The van der Waals surface area contributed by atoms with Crippen molar-refractivity contribution in [3.8, 4) is 5.75 Å². The van der Waals surface area contributed by atoms with Crippen molar-refractivity contribution in [3.63, 3.8) is 0 Å². The van der Waals surface area contributed by atoms with Gasteiger partial charge < -0.3 is 10.1 Å². The van der Waals surface area contributed by atoms with Gasteiger partial charge in [-0.25, -0.2) is 0 Å². The molecule has 2 heterocycles. The second-order valence-electron chi connectivity index (χ2n) is 6.79. The van der Waals surface area contributed by atoms with Crippen molar-refractivity contribution in [3.05, 3.63) is 78.1 Å². The lowest BCUT2D eigenvalue weighted by atomic mass is 9.97. The van der Waals surface area contributed by atoms with Crippen LogP contribution < -0.4 is 15.0 Å². The number of ether oxygens (including phenoxy) is 1. The Morgan fingerprint density at radius 2 is 1.87 bits per heavy atom. The third kappa shape index (κ3) is 3.56. The molecular formula is C22H18F3N3O2. The van der Waals surface area contributed by atoms with Crippen LogP contribution in [0.3, 0.4) is 0 Å². The Morgan fingerprint density at radius 3 is 2.50 bits per heavy atom. The molecule has 0 saturated heterocycles. The fourth-order valence-corrected chi connectivity index (χ4v) is 3.59. The summed E-state index contributed by atoms with van der Waals surface area (Å²) in [5, 5.41) is 2.93. The number of pyridine rings is 1. The Hall–Kier alpha value is -3.55. The number of amides is 1. The van der Waals surface area contributed by atoms with Crippen molar-refractivity contribution in [2.24, 2.45) is 0 Å². The first kappa shape index (κ1) is 19.8. The number of hydrogen-bond donors (Lipinski definition) is 1. The van der Waals surface area contributed by atoms with E-state index in [0.29, 0.717) is 16.9 Å². The molecule has 5 nitrogen and oxygen atoms in total.